The maximum absolute atomic E-state index is 13.6. The summed E-state index contributed by atoms with van der Waals surface area (Å²) in [5, 5.41) is 21.7. The summed E-state index contributed by atoms with van der Waals surface area (Å²) >= 11 is 0. The van der Waals surface area contributed by atoms with Crippen LogP contribution in [0.1, 0.15) is 45.3 Å². The van der Waals surface area contributed by atoms with E-state index in [9.17, 15) is 19.4 Å². The summed E-state index contributed by atoms with van der Waals surface area (Å²) in [4.78, 5) is 11.7. The van der Waals surface area contributed by atoms with Gasteiger partial charge in [-0.15, -0.1) is 0 Å². The molecular weight excluding hydrogens is 421 g/mol. The Bertz CT molecular complexity index is 1160. The topological polar surface area (TPSA) is 71.7 Å². The average molecular weight is 452 g/mol. The van der Waals surface area contributed by atoms with Crippen LogP contribution < -0.4 is 0 Å². The monoisotopic (exact) mass is 451 g/mol. The van der Waals surface area contributed by atoms with Gasteiger partial charge >= 0.3 is 5.97 Å². The van der Waals surface area contributed by atoms with Crippen molar-refractivity contribution in [1.82, 2.24) is 4.57 Å². The molecule has 6 heteroatoms. The molecule has 2 unspecified atom stereocenters. The van der Waals surface area contributed by atoms with Crippen LogP contribution in [0.25, 0.3) is 28.1 Å². The highest BCUT2D eigenvalue weighted by molar-refractivity contribution is 6.01. The lowest BCUT2D eigenvalue weighted by molar-refractivity contribution is -0.141. The van der Waals surface area contributed by atoms with Gasteiger partial charge in [0, 0.05) is 34.6 Å². The van der Waals surface area contributed by atoms with Crippen molar-refractivity contribution in [2.75, 3.05) is 0 Å². The van der Waals surface area contributed by atoms with Crippen molar-refractivity contribution >= 4 is 22.9 Å². The summed E-state index contributed by atoms with van der Waals surface area (Å²) in [7, 11) is 0. The number of aromatic nitrogens is 1. The number of carbonyl (C=O) groups is 1. The summed E-state index contributed by atoms with van der Waals surface area (Å²) in [6, 6.07) is 14.5. The molecule has 3 aromatic rings. The number of aliphatic hydroxyl groups is 2. The number of carbonyl (C=O) groups excluding carboxylic acids is 1. The lowest BCUT2D eigenvalue weighted by atomic mass is 10.0. The van der Waals surface area contributed by atoms with Gasteiger partial charge in [-0.25, -0.2) is 4.39 Å². The molecule has 1 heterocycles. The second-order valence-corrected chi connectivity index (χ2v) is 8.44. The van der Waals surface area contributed by atoms with Gasteiger partial charge in [-0.3, -0.25) is 4.79 Å². The molecule has 2 atom stereocenters. The third kappa shape index (κ3) is 5.97. The van der Waals surface area contributed by atoms with E-state index in [2.05, 4.69) is 25.0 Å². The largest absolute Gasteiger partial charge is 0.432 e. The molecule has 0 aliphatic heterocycles. The number of halogens is 1. The fraction of sp³-hybridized carbons (Fsp3) is 0.296. The van der Waals surface area contributed by atoms with Crippen LogP contribution in [0.5, 0.6) is 0 Å². The van der Waals surface area contributed by atoms with E-state index in [4.69, 9.17) is 4.74 Å². The molecule has 0 saturated heterocycles. The number of allylic oxidation sites excluding steroid dienone is 1. The van der Waals surface area contributed by atoms with E-state index >= 15 is 0 Å². The number of hydrogen-bond donors (Lipinski definition) is 2. The zero-order valence-corrected chi connectivity index (χ0v) is 19.2. The van der Waals surface area contributed by atoms with Gasteiger partial charge in [0.1, 0.15) is 5.82 Å². The lowest BCUT2D eigenvalue weighted by Crippen LogP contribution is -2.20. The van der Waals surface area contributed by atoms with Gasteiger partial charge in [-0.05, 0) is 50.6 Å². The molecule has 3 rings (SSSR count). The third-order valence-electron chi connectivity index (χ3n) is 5.28. The minimum absolute atomic E-state index is 0.0183. The van der Waals surface area contributed by atoms with Crippen molar-refractivity contribution in [2.24, 2.45) is 0 Å². The van der Waals surface area contributed by atoms with Crippen molar-refractivity contribution < 1.29 is 24.1 Å². The quantitative estimate of drug-likeness (QED) is 0.327. The van der Waals surface area contributed by atoms with Crippen LogP contribution in [0.15, 0.2) is 66.9 Å². The number of rotatable bonds is 9. The molecule has 5 nitrogen and oxygen atoms in total. The van der Waals surface area contributed by atoms with Crippen LogP contribution in [0.3, 0.4) is 0 Å². The molecule has 174 valence electrons. The van der Waals surface area contributed by atoms with Crippen LogP contribution in [0.2, 0.25) is 0 Å². The van der Waals surface area contributed by atoms with Crippen molar-refractivity contribution in [3.8, 4) is 11.1 Å². The van der Waals surface area contributed by atoms with Crippen molar-refractivity contribution in [1.29, 1.82) is 0 Å². The van der Waals surface area contributed by atoms with Gasteiger partial charge in [0.05, 0.1) is 24.4 Å². The van der Waals surface area contributed by atoms with Crippen molar-refractivity contribution in [2.45, 2.75) is 51.9 Å². The highest BCUT2D eigenvalue weighted by atomic mass is 19.1. The fourth-order valence-electron chi connectivity index (χ4n) is 3.99. The molecule has 0 aliphatic carbocycles. The number of benzene rings is 2. The minimum Gasteiger partial charge on any atom is -0.432 e. The normalized spacial score (nSPS) is 13.5. The molecule has 2 aromatic carbocycles. The molecule has 0 amide bonds. The van der Waals surface area contributed by atoms with Crippen LogP contribution in [0.4, 0.5) is 4.39 Å². The van der Waals surface area contributed by atoms with E-state index in [-0.39, 0.29) is 30.5 Å². The van der Waals surface area contributed by atoms with Crippen LogP contribution in [-0.2, 0) is 9.53 Å². The Labute approximate surface area is 193 Å². The molecule has 0 bridgehead atoms. The molecule has 0 saturated carbocycles. The Hall–Kier alpha value is -3.22. The molecule has 1 aromatic heterocycles. The van der Waals surface area contributed by atoms with E-state index in [0.717, 1.165) is 27.7 Å². The number of fused-ring (bicyclic) bond motifs is 1. The number of ether oxygens (including phenoxy) is 1. The van der Waals surface area contributed by atoms with Gasteiger partial charge in [0.15, 0.2) is 0 Å². The lowest BCUT2D eigenvalue weighted by Gasteiger charge is -2.15. The zero-order chi connectivity index (χ0) is 24.1. The molecule has 0 radical (unpaired) electrons. The number of aliphatic hydroxyl groups excluding tert-OH is 2. The highest BCUT2D eigenvalue weighted by Crippen LogP contribution is 2.38. The number of nitrogens with zero attached hydrogens (tertiary/aromatic N) is 1. The van der Waals surface area contributed by atoms with E-state index < -0.39 is 18.2 Å². The predicted molar refractivity (Wildman–Crippen MR) is 129 cm³/mol. The van der Waals surface area contributed by atoms with E-state index in [1.807, 2.05) is 30.3 Å². The van der Waals surface area contributed by atoms with Crippen LogP contribution in [0, 0.1) is 5.82 Å². The highest BCUT2D eigenvalue weighted by Gasteiger charge is 2.20. The third-order valence-corrected chi connectivity index (χ3v) is 5.28. The molecule has 0 spiro atoms. The predicted octanol–water partition coefficient (Wildman–Crippen LogP) is 5.62. The summed E-state index contributed by atoms with van der Waals surface area (Å²) < 4.78 is 20.6. The first kappa shape index (κ1) is 24.4. The number of esters is 1. The number of hydrogen-bond acceptors (Lipinski definition) is 4. The Morgan fingerprint density at radius 1 is 1.15 bits per heavy atom. The Morgan fingerprint density at radius 2 is 1.82 bits per heavy atom. The Kier molecular flexibility index (Phi) is 7.84. The fourth-order valence-corrected chi connectivity index (χ4v) is 3.99. The molecule has 0 aliphatic rings. The summed E-state index contributed by atoms with van der Waals surface area (Å²) in [5.41, 5.74) is 3.70. The Balaban J connectivity index is 1.94. The first-order valence-corrected chi connectivity index (χ1v) is 11.0. The molecular formula is C27H30FNO4. The van der Waals surface area contributed by atoms with Gasteiger partial charge in [-0.2, -0.15) is 0 Å². The average Bonchev–Trinajstić information content (AvgIpc) is 3.06. The summed E-state index contributed by atoms with van der Waals surface area (Å²) in [5.74, 6) is -0.648. The SMILES string of the molecule is C=C(C)OC(=O)CC(O)CC(O)/C=C/c1c(-c2ccc(F)cc2)c2ccccc2n1C(C)C. The van der Waals surface area contributed by atoms with Crippen LogP contribution in [-0.4, -0.2) is 33.0 Å². The maximum Gasteiger partial charge on any atom is 0.313 e. The van der Waals surface area contributed by atoms with Crippen molar-refractivity contribution in [3.05, 3.63) is 78.5 Å². The van der Waals surface area contributed by atoms with Crippen molar-refractivity contribution in [3.63, 3.8) is 0 Å². The number of para-hydroxylation sites is 1. The summed E-state index contributed by atoms with van der Waals surface area (Å²) in [6.45, 7) is 9.20. The standard InChI is InChI=1S/C27H30FNO4/c1-17(2)29-24-8-6-5-7-23(24)27(19-9-11-20(28)12-10-19)25(29)14-13-21(30)15-22(31)16-26(32)33-18(3)4/h5-14,17,21-22,30-31H,3,15-16H2,1-2,4H3/b14-13+. The van der Waals surface area contributed by atoms with Gasteiger partial charge in [0.25, 0.3) is 0 Å². The smallest absolute Gasteiger partial charge is 0.313 e. The second kappa shape index (κ2) is 10.6. The van der Waals surface area contributed by atoms with Gasteiger partial charge < -0.3 is 19.5 Å². The van der Waals surface area contributed by atoms with Crippen LogP contribution >= 0.6 is 0 Å². The Morgan fingerprint density at radius 3 is 2.45 bits per heavy atom. The molecule has 0 fully saturated rings. The first-order valence-electron chi connectivity index (χ1n) is 11.0. The van der Waals surface area contributed by atoms with Gasteiger partial charge in [-0.1, -0.05) is 43.0 Å². The van der Waals surface area contributed by atoms with E-state index in [1.54, 1.807) is 25.1 Å². The maximum atomic E-state index is 13.6. The minimum atomic E-state index is -1.05. The second-order valence-electron chi connectivity index (χ2n) is 8.44. The van der Waals surface area contributed by atoms with E-state index in [0.29, 0.717) is 0 Å². The summed E-state index contributed by atoms with van der Waals surface area (Å²) in [6.07, 6.45) is 1.15. The molecule has 2 N–H and O–H groups in total. The zero-order valence-electron chi connectivity index (χ0n) is 19.2. The van der Waals surface area contributed by atoms with Gasteiger partial charge in [0.2, 0.25) is 0 Å². The van der Waals surface area contributed by atoms with E-state index in [1.165, 1.54) is 12.1 Å². The first-order chi connectivity index (χ1) is 15.7. The molecule has 33 heavy (non-hydrogen) atoms.